The van der Waals surface area contributed by atoms with E-state index in [1.54, 1.807) is 43.6 Å². The number of hydrogen-bond donors (Lipinski definition) is 3. The van der Waals surface area contributed by atoms with Gasteiger partial charge in [-0.05, 0) is 48.4 Å². The molecule has 2 aromatic heterocycles. The van der Waals surface area contributed by atoms with Crippen molar-refractivity contribution in [3.05, 3.63) is 89.3 Å². The minimum absolute atomic E-state index is 0.291. The van der Waals surface area contributed by atoms with E-state index in [0.29, 0.717) is 40.9 Å². The van der Waals surface area contributed by atoms with Crippen LogP contribution in [0.5, 0.6) is 5.75 Å². The Hall–Kier alpha value is -3.84. The zero-order valence-corrected chi connectivity index (χ0v) is 18.2. The first-order chi connectivity index (χ1) is 15.6. The number of guanidine groups is 1. The molecule has 3 N–H and O–H groups in total. The van der Waals surface area contributed by atoms with Crippen LogP contribution in [0.2, 0.25) is 5.02 Å². The number of nitrogens with zero attached hydrogens (tertiary/aromatic N) is 2. The Kier molecular flexibility index (Phi) is 6.67. The number of aromatic amines is 1. The predicted molar refractivity (Wildman–Crippen MR) is 128 cm³/mol. The summed E-state index contributed by atoms with van der Waals surface area (Å²) in [6.45, 7) is 0.459. The highest BCUT2D eigenvalue weighted by atomic mass is 35.5. The van der Waals surface area contributed by atoms with Crippen molar-refractivity contribution in [2.45, 2.75) is 6.42 Å². The minimum atomic E-state index is -0.322. The second-order valence-electron chi connectivity index (χ2n) is 7.01. The Morgan fingerprint density at radius 3 is 2.88 bits per heavy atom. The van der Waals surface area contributed by atoms with Crippen LogP contribution in [-0.4, -0.2) is 35.5 Å². The molecular formula is C24H22ClN5O2. The molecule has 4 rings (SSSR count). The summed E-state index contributed by atoms with van der Waals surface area (Å²) in [6, 6.07) is 16.7. The fraction of sp³-hybridized carbons (Fsp3) is 0.125. The van der Waals surface area contributed by atoms with E-state index in [0.717, 1.165) is 16.5 Å². The van der Waals surface area contributed by atoms with E-state index in [4.69, 9.17) is 16.3 Å². The number of amides is 1. The Labute approximate surface area is 190 Å². The Morgan fingerprint density at radius 2 is 2.06 bits per heavy atom. The molecule has 7 nitrogen and oxygen atoms in total. The van der Waals surface area contributed by atoms with Crippen molar-refractivity contribution >= 4 is 40.1 Å². The van der Waals surface area contributed by atoms with E-state index in [9.17, 15) is 4.79 Å². The van der Waals surface area contributed by atoms with Crippen LogP contribution < -0.4 is 15.4 Å². The summed E-state index contributed by atoms with van der Waals surface area (Å²) in [5, 5.41) is 7.65. The molecule has 4 aromatic rings. The van der Waals surface area contributed by atoms with Crippen molar-refractivity contribution in [1.29, 1.82) is 0 Å². The number of methoxy groups -OCH3 is 1. The lowest BCUT2D eigenvalue weighted by atomic mass is 10.1. The average molecular weight is 448 g/mol. The van der Waals surface area contributed by atoms with Gasteiger partial charge in [0.15, 0.2) is 0 Å². The predicted octanol–water partition coefficient (Wildman–Crippen LogP) is 4.67. The molecule has 0 spiro atoms. The lowest BCUT2D eigenvalue weighted by Crippen LogP contribution is -2.36. The number of H-pyrrole nitrogens is 1. The van der Waals surface area contributed by atoms with Gasteiger partial charge in [-0.2, -0.15) is 0 Å². The molecule has 2 heterocycles. The van der Waals surface area contributed by atoms with Crippen molar-refractivity contribution in [1.82, 2.24) is 15.3 Å². The van der Waals surface area contributed by atoms with Crippen molar-refractivity contribution in [2.24, 2.45) is 4.99 Å². The molecule has 0 aliphatic heterocycles. The van der Waals surface area contributed by atoms with Gasteiger partial charge in [0, 0.05) is 41.1 Å². The summed E-state index contributed by atoms with van der Waals surface area (Å²) in [5.74, 6) is 0.547. The van der Waals surface area contributed by atoms with Gasteiger partial charge in [-0.15, -0.1) is 0 Å². The number of carbonyl (C=O) groups is 1. The number of pyridine rings is 1. The van der Waals surface area contributed by atoms with Gasteiger partial charge in [0.25, 0.3) is 5.91 Å². The van der Waals surface area contributed by atoms with Crippen LogP contribution in [-0.2, 0) is 6.42 Å². The number of rotatable bonds is 6. The van der Waals surface area contributed by atoms with Crippen molar-refractivity contribution < 1.29 is 9.53 Å². The third-order valence-electron chi connectivity index (χ3n) is 4.90. The lowest BCUT2D eigenvalue weighted by molar-refractivity contribution is 0.0976. The minimum Gasteiger partial charge on any atom is -0.495 e. The number of para-hydroxylation sites is 1. The van der Waals surface area contributed by atoms with Gasteiger partial charge in [-0.3, -0.25) is 20.1 Å². The SMILES string of the molecule is COc1ccc(Cl)cc1NC(=NCCc1c[nH]c2ccccc12)NC(=O)c1cccnc1. The molecule has 0 saturated carbocycles. The molecule has 0 bridgehead atoms. The maximum Gasteiger partial charge on any atom is 0.259 e. The first-order valence-electron chi connectivity index (χ1n) is 10.1. The molecule has 0 unspecified atom stereocenters. The van der Waals surface area contributed by atoms with Crippen LogP contribution in [0.15, 0.2) is 78.2 Å². The Bertz CT molecular complexity index is 1250. The van der Waals surface area contributed by atoms with E-state index in [1.165, 1.54) is 6.20 Å². The molecule has 2 aromatic carbocycles. The van der Waals surface area contributed by atoms with E-state index < -0.39 is 0 Å². The smallest absolute Gasteiger partial charge is 0.259 e. The first kappa shape index (κ1) is 21.4. The second-order valence-corrected chi connectivity index (χ2v) is 7.44. The summed E-state index contributed by atoms with van der Waals surface area (Å²) in [5.41, 5.74) is 3.26. The summed E-state index contributed by atoms with van der Waals surface area (Å²) in [4.78, 5) is 24.6. The highest BCUT2D eigenvalue weighted by molar-refractivity contribution is 6.31. The normalized spacial score (nSPS) is 11.4. The standard InChI is InChI=1S/C24H22ClN5O2/c1-32-22-9-8-18(25)13-21(22)29-24(30-23(31)17-5-4-11-26-14-17)27-12-10-16-15-28-20-7-3-2-6-19(16)20/h2-9,11,13-15,28H,10,12H2,1H3,(H2,27,29,30,31). The van der Waals surface area contributed by atoms with Crippen molar-refractivity contribution in [3.8, 4) is 5.75 Å². The van der Waals surface area contributed by atoms with Crippen LogP contribution >= 0.6 is 11.6 Å². The van der Waals surface area contributed by atoms with Gasteiger partial charge in [-0.1, -0.05) is 29.8 Å². The van der Waals surface area contributed by atoms with Gasteiger partial charge in [-0.25, -0.2) is 0 Å². The van der Waals surface area contributed by atoms with E-state index in [2.05, 4.69) is 31.7 Å². The number of anilines is 1. The number of fused-ring (bicyclic) bond motifs is 1. The monoisotopic (exact) mass is 447 g/mol. The van der Waals surface area contributed by atoms with Gasteiger partial charge in [0.2, 0.25) is 5.96 Å². The van der Waals surface area contributed by atoms with Gasteiger partial charge < -0.3 is 15.0 Å². The molecule has 0 atom stereocenters. The molecule has 0 radical (unpaired) electrons. The molecule has 1 amide bonds. The van der Waals surface area contributed by atoms with Crippen molar-refractivity contribution in [2.75, 3.05) is 19.0 Å². The fourth-order valence-electron chi connectivity index (χ4n) is 3.32. The third-order valence-corrected chi connectivity index (χ3v) is 5.13. The number of nitrogens with one attached hydrogen (secondary N) is 3. The maximum absolute atomic E-state index is 12.7. The van der Waals surface area contributed by atoms with Crippen LogP contribution in [0, 0.1) is 0 Å². The van der Waals surface area contributed by atoms with Gasteiger partial charge in [0.05, 0.1) is 18.4 Å². The van der Waals surface area contributed by atoms with E-state index >= 15 is 0 Å². The second kappa shape index (κ2) is 9.98. The average Bonchev–Trinajstić information content (AvgIpc) is 3.23. The molecule has 32 heavy (non-hydrogen) atoms. The van der Waals surface area contributed by atoms with E-state index in [1.807, 2.05) is 24.4 Å². The van der Waals surface area contributed by atoms with Crippen molar-refractivity contribution in [3.63, 3.8) is 0 Å². The zero-order chi connectivity index (χ0) is 22.3. The highest BCUT2D eigenvalue weighted by Gasteiger charge is 2.12. The number of aliphatic imine (C=N–C) groups is 1. The molecule has 0 saturated heterocycles. The number of carbonyl (C=O) groups excluding carboxylic acids is 1. The quantitative estimate of drug-likeness (QED) is 0.296. The number of ether oxygens (including phenoxy) is 1. The number of hydrogen-bond acceptors (Lipinski definition) is 4. The largest absolute Gasteiger partial charge is 0.495 e. The molecule has 0 aliphatic carbocycles. The zero-order valence-electron chi connectivity index (χ0n) is 17.4. The number of aromatic nitrogens is 2. The van der Waals surface area contributed by atoms with Crippen LogP contribution in [0.25, 0.3) is 10.9 Å². The lowest BCUT2D eigenvalue weighted by Gasteiger charge is -2.14. The van der Waals surface area contributed by atoms with Crippen LogP contribution in [0.4, 0.5) is 5.69 Å². The maximum atomic E-state index is 12.7. The molecule has 162 valence electrons. The Morgan fingerprint density at radius 1 is 1.19 bits per heavy atom. The molecule has 0 aliphatic rings. The molecular weight excluding hydrogens is 426 g/mol. The molecule has 0 fully saturated rings. The summed E-state index contributed by atoms with van der Waals surface area (Å²) in [7, 11) is 1.57. The number of halogens is 1. The topological polar surface area (TPSA) is 91.4 Å². The van der Waals surface area contributed by atoms with Crippen LogP contribution in [0.3, 0.4) is 0 Å². The molecule has 8 heteroatoms. The summed E-state index contributed by atoms with van der Waals surface area (Å²) >= 11 is 6.15. The third kappa shape index (κ3) is 5.07. The van der Waals surface area contributed by atoms with E-state index in [-0.39, 0.29) is 5.91 Å². The van der Waals surface area contributed by atoms with Gasteiger partial charge in [0.1, 0.15) is 5.75 Å². The Balaban J connectivity index is 1.56. The van der Waals surface area contributed by atoms with Crippen LogP contribution in [0.1, 0.15) is 15.9 Å². The number of benzene rings is 2. The summed E-state index contributed by atoms with van der Waals surface area (Å²) < 4.78 is 5.40. The summed E-state index contributed by atoms with van der Waals surface area (Å²) in [6.07, 6.45) is 5.80. The first-order valence-corrected chi connectivity index (χ1v) is 10.4. The highest BCUT2D eigenvalue weighted by Crippen LogP contribution is 2.27. The fourth-order valence-corrected chi connectivity index (χ4v) is 3.49. The van der Waals surface area contributed by atoms with Gasteiger partial charge >= 0.3 is 0 Å².